The number of para-hydroxylation sites is 1. The van der Waals surface area contributed by atoms with Crippen molar-refractivity contribution < 1.29 is 9.59 Å². The van der Waals surface area contributed by atoms with E-state index >= 15 is 0 Å². The van der Waals surface area contributed by atoms with Crippen LogP contribution in [0.4, 0.5) is 5.69 Å². The second-order valence-corrected chi connectivity index (χ2v) is 5.77. The summed E-state index contributed by atoms with van der Waals surface area (Å²) in [6.07, 6.45) is 1.51. The molecule has 8 heteroatoms. The van der Waals surface area contributed by atoms with Crippen LogP contribution in [-0.2, 0) is 17.9 Å². The number of fused-ring (bicyclic) bond motifs is 1. The molecule has 0 atom stereocenters. The molecule has 2 heterocycles. The fourth-order valence-electron chi connectivity index (χ4n) is 2.49. The minimum absolute atomic E-state index is 0.0550. The molecular formula is C15H14Cl2N4O2. The summed E-state index contributed by atoms with van der Waals surface area (Å²) in [5, 5.41) is 3.24. The van der Waals surface area contributed by atoms with Gasteiger partial charge in [-0.3, -0.25) is 9.59 Å². The van der Waals surface area contributed by atoms with E-state index in [0.29, 0.717) is 41.9 Å². The third-order valence-electron chi connectivity index (χ3n) is 3.69. The SMILES string of the molecule is O=C(Nc1ccccc1Cl)c1cnc2n1CCN(C(=O)CCl)C2. The van der Waals surface area contributed by atoms with Gasteiger partial charge in [0, 0.05) is 13.1 Å². The fraction of sp³-hybridized carbons (Fsp3) is 0.267. The number of amides is 2. The first-order valence-electron chi connectivity index (χ1n) is 7.04. The Bertz CT molecular complexity index is 760. The summed E-state index contributed by atoms with van der Waals surface area (Å²) >= 11 is 11.6. The van der Waals surface area contributed by atoms with Crippen LogP contribution in [0.15, 0.2) is 30.5 Å². The monoisotopic (exact) mass is 352 g/mol. The van der Waals surface area contributed by atoms with Crippen molar-refractivity contribution in [1.29, 1.82) is 0 Å². The van der Waals surface area contributed by atoms with E-state index in [4.69, 9.17) is 23.2 Å². The molecule has 2 amide bonds. The predicted molar refractivity (Wildman–Crippen MR) is 87.8 cm³/mol. The molecular weight excluding hydrogens is 339 g/mol. The molecule has 1 aliphatic heterocycles. The topological polar surface area (TPSA) is 67.2 Å². The van der Waals surface area contributed by atoms with Gasteiger partial charge in [0.05, 0.1) is 23.5 Å². The van der Waals surface area contributed by atoms with Crippen LogP contribution < -0.4 is 5.32 Å². The van der Waals surface area contributed by atoms with Crippen molar-refractivity contribution in [3.63, 3.8) is 0 Å². The molecule has 1 N–H and O–H groups in total. The van der Waals surface area contributed by atoms with Crippen molar-refractivity contribution >= 4 is 40.7 Å². The molecule has 0 saturated carbocycles. The minimum Gasteiger partial charge on any atom is -0.332 e. The maximum absolute atomic E-state index is 12.4. The van der Waals surface area contributed by atoms with Crippen molar-refractivity contribution in [2.45, 2.75) is 13.1 Å². The summed E-state index contributed by atoms with van der Waals surface area (Å²) in [4.78, 5) is 30.0. The highest BCUT2D eigenvalue weighted by Gasteiger charge is 2.25. The highest BCUT2D eigenvalue weighted by molar-refractivity contribution is 6.33. The number of rotatable bonds is 3. The van der Waals surface area contributed by atoms with Crippen LogP contribution in [0.2, 0.25) is 5.02 Å². The average Bonchev–Trinajstić information content (AvgIpc) is 2.99. The Morgan fingerprint density at radius 1 is 1.26 bits per heavy atom. The number of halogens is 2. The fourth-order valence-corrected chi connectivity index (χ4v) is 2.84. The molecule has 23 heavy (non-hydrogen) atoms. The Morgan fingerprint density at radius 3 is 2.78 bits per heavy atom. The van der Waals surface area contributed by atoms with Crippen LogP contribution >= 0.6 is 23.2 Å². The smallest absolute Gasteiger partial charge is 0.273 e. The third kappa shape index (κ3) is 3.18. The molecule has 0 spiro atoms. The zero-order chi connectivity index (χ0) is 16.4. The number of nitrogens with zero attached hydrogens (tertiary/aromatic N) is 3. The van der Waals surface area contributed by atoms with Crippen LogP contribution in [0.1, 0.15) is 16.3 Å². The molecule has 0 aliphatic carbocycles. The van der Waals surface area contributed by atoms with Crippen molar-refractivity contribution in [3.05, 3.63) is 47.0 Å². The molecule has 120 valence electrons. The second-order valence-electron chi connectivity index (χ2n) is 5.09. The second kappa shape index (κ2) is 6.60. The van der Waals surface area contributed by atoms with Gasteiger partial charge >= 0.3 is 0 Å². The summed E-state index contributed by atoms with van der Waals surface area (Å²) in [5.41, 5.74) is 0.988. The Hall–Kier alpha value is -2.05. The quantitative estimate of drug-likeness (QED) is 0.862. The lowest BCUT2D eigenvalue weighted by Crippen LogP contribution is -2.39. The highest BCUT2D eigenvalue weighted by atomic mass is 35.5. The van der Waals surface area contributed by atoms with Gasteiger partial charge in [-0.25, -0.2) is 4.98 Å². The van der Waals surface area contributed by atoms with Crippen molar-refractivity contribution in [2.24, 2.45) is 0 Å². The van der Waals surface area contributed by atoms with E-state index in [1.54, 1.807) is 29.2 Å². The predicted octanol–water partition coefficient (Wildman–Crippen LogP) is 2.37. The van der Waals surface area contributed by atoms with Gasteiger partial charge in [-0.2, -0.15) is 0 Å². The van der Waals surface area contributed by atoms with E-state index in [1.165, 1.54) is 6.20 Å². The van der Waals surface area contributed by atoms with E-state index in [-0.39, 0.29) is 17.7 Å². The zero-order valence-electron chi connectivity index (χ0n) is 12.1. The van der Waals surface area contributed by atoms with Gasteiger partial charge < -0.3 is 14.8 Å². The van der Waals surface area contributed by atoms with Crippen molar-refractivity contribution in [2.75, 3.05) is 17.7 Å². The summed E-state index contributed by atoms with van der Waals surface area (Å²) in [6.45, 7) is 1.36. The molecule has 0 unspecified atom stereocenters. The molecule has 0 bridgehead atoms. The number of hydrogen-bond acceptors (Lipinski definition) is 3. The zero-order valence-corrected chi connectivity index (χ0v) is 13.6. The maximum Gasteiger partial charge on any atom is 0.273 e. The number of carbonyl (C=O) groups excluding carboxylic acids is 2. The van der Waals surface area contributed by atoms with Gasteiger partial charge in [-0.05, 0) is 12.1 Å². The third-order valence-corrected chi connectivity index (χ3v) is 4.24. The largest absolute Gasteiger partial charge is 0.332 e. The lowest BCUT2D eigenvalue weighted by atomic mass is 10.3. The van der Waals surface area contributed by atoms with Gasteiger partial charge in [0.15, 0.2) is 0 Å². The van der Waals surface area contributed by atoms with Crippen LogP contribution in [0, 0.1) is 0 Å². The lowest BCUT2D eigenvalue weighted by Gasteiger charge is -2.27. The first-order valence-corrected chi connectivity index (χ1v) is 7.95. The van der Waals surface area contributed by atoms with E-state index in [1.807, 2.05) is 4.57 Å². The molecule has 3 rings (SSSR count). The van der Waals surface area contributed by atoms with Crippen molar-refractivity contribution in [3.8, 4) is 0 Å². The summed E-state index contributed by atoms with van der Waals surface area (Å²) in [5.74, 6) is 0.191. The number of imidazole rings is 1. The summed E-state index contributed by atoms with van der Waals surface area (Å²) < 4.78 is 1.81. The van der Waals surface area contributed by atoms with E-state index in [2.05, 4.69) is 10.3 Å². The number of anilines is 1. The van der Waals surface area contributed by atoms with Gasteiger partial charge in [0.1, 0.15) is 17.4 Å². The van der Waals surface area contributed by atoms with Crippen molar-refractivity contribution in [1.82, 2.24) is 14.5 Å². The summed E-state index contributed by atoms with van der Waals surface area (Å²) in [7, 11) is 0. The number of nitrogens with one attached hydrogen (secondary N) is 1. The van der Waals surface area contributed by atoms with Crippen LogP contribution in [-0.4, -0.2) is 38.7 Å². The molecule has 1 aromatic heterocycles. The number of alkyl halides is 1. The van der Waals surface area contributed by atoms with E-state index in [9.17, 15) is 9.59 Å². The molecule has 1 aromatic carbocycles. The Labute approximate surface area is 143 Å². The van der Waals surface area contributed by atoms with Crippen LogP contribution in [0.25, 0.3) is 0 Å². The Kier molecular flexibility index (Phi) is 4.54. The average molecular weight is 353 g/mol. The molecule has 1 aliphatic rings. The number of hydrogen-bond donors (Lipinski definition) is 1. The van der Waals surface area contributed by atoms with Crippen LogP contribution in [0.5, 0.6) is 0 Å². The van der Waals surface area contributed by atoms with E-state index in [0.717, 1.165) is 0 Å². The number of benzene rings is 1. The van der Waals surface area contributed by atoms with Gasteiger partial charge in [-0.1, -0.05) is 23.7 Å². The molecule has 0 saturated heterocycles. The first-order chi connectivity index (χ1) is 11.1. The molecule has 0 radical (unpaired) electrons. The maximum atomic E-state index is 12.4. The first kappa shape index (κ1) is 15.8. The van der Waals surface area contributed by atoms with Gasteiger partial charge in [0.25, 0.3) is 5.91 Å². The van der Waals surface area contributed by atoms with Gasteiger partial charge in [0.2, 0.25) is 5.91 Å². The minimum atomic E-state index is -0.283. The standard InChI is InChI=1S/C15H14Cl2N4O2/c16-7-14(22)20-5-6-21-12(8-18-13(21)9-20)15(23)19-11-4-2-1-3-10(11)17/h1-4,8H,5-7,9H2,(H,19,23). The number of carbonyl (C=O) groups is 2. The Morgan fingerprint density at radius 2 is 2.04 bits per heavy atom. The number of aromatic nitrogens is 2. The lowest BCUT2D eigenvalue weighted by molar-refractivity contribution is -0.129. The molecule has 0 fully saturated rings. The van der Waals surface area contributed by atoms with E-state index < -0.39 is 0 Å². The molecule has 6 nitrogen and oxygen atoms in total. The highest BCUT2D eigenvalue weighted by Crippen LogP contribution is 2.22. The summed E-state index contributed by atoms with van der Waals surface area (Å²) in [6, 6.07) is 7.03. The molecule has 2 aromatic rings. The van der Waals surface area contributed by atoms with Crippen LogP contribution in [0.3, 0.4) is 0 Å². The Balaban J connectivity index is 1.78. The van der Waals surface area contributed by atoms with Gasteiger partial charge in [-0.15, -0.1) is 11.6 Å². The normalized spacial score (nSPS) is 13.6.